The first kappa shape index (κ1) is 15.1. The van der Waals surface area contributed by atoms with Gasteiger partial charge in [0, 0.05) is 11.6 Å². The number of benzene rings is 1. The van der Waals surface area contributed by atoms with Gasteiger partial charge in [-0.25, -0.2) is 4.98 Å². The molecule has 0 amide bonds. The summed E-state index contributed by atoms with van der Waals surface area (Å²) in [5.74, 6) is 0.753. The van der Waals surface area contributed by atoms with Crippen molar-refractivity contribution in [1.29, 1.82) is 0 Å². The van der Waals surface area contributed by atoms with Crippen LogP contribution in [0.15, 0.2) is 40.2 Å². The maximum Gasteiger partial charge on any atom is 0.257 e. The summed E-state index contributed by atoms with van der Waals surface area (Å²) in [5.41, 5.74) is 6.98. The lowest BCUT2D eigenvalue weighted by Crippen LogP contribution is -2.38. The van der Waals surface area contributed by atoms with E-state index in [-0.39, 0.29) is 11.6 Å². The Hall–Kier alpha value is -2.43. The molecule has 24 heavy (non-hydrogen) atoms. The van der Waals surface area contributed by atoms with Gasteiger partial charge in [-0.15, -0.1) is 0 Å². The number of fused-ring (bicyclic) bond motifs is 2. The van der Waals surface area contributed by atoms with Gasteiger partial charge in [0.15, 0.2) is 5.82 Å². The molecule has 1 aromatic heterocycles. The summed E-state index contributed by atoms with van der Waals surface area (Å²) in [4.78, 5) is 17.8. The first-order chi connectivity index (χ1) is 11.7. The van der Waals surface area contributed by atoms with E-state index in [9.17, 15) is 4.79 Å². The first-order valence-electron chi connectivity index (χ1n) is 8.76. The number of aromatic nitrogens is 2. The van der Waals surface area contributed by atoms with Gasteiger partial charge >= 0.3 is 0 Å². The summed E-state index contributed by atoms with van der Waals surface area (Å²) in [6.07, 6.45) is 5.74. The van der Waals surface area contributed by atoms with Crippen LogP contribution in [0.3, 0.4) is 0 Å². The second-order valence-electron chi connectivity index (χ2n) is 6.67. The number of hydrazone groups is 1. The topological polar surface area (TPSA) is 59.3 Å². The van der Waals surface area contributed by atoms with Gasteiger partial charge in [0.2, 0.25) is 0 Å². The Balaban J connectivity index is 1.77. The van der Waals surface area contributed by atoms with Gasteiger partial charge in [-0.1, -0.05) is 18.2 Å². The highest BCUT2D eigenvalue weighted by Crippen LogP contribution is 2.25. The normalized spacial score (nSPS) is 21.2. The van der Waals surface area contributed by atoms with Gasteiger partial charge in [-0.2, -0.15) is 5.10 Å². The fourth-order valence-electron chi connectivity index (χ4n) is 3.62. The van der Waals surface area contributed by atoms with Crippen molar-refractivity contribution in [1.82, 2.24) is 9.55 Å². The first-order valence-corrected chi connectivity index (χ1v) is 8.76. The molecule has 1 N–H and O–H groups in total. The molecule has 5 heteroatoms. The van der Waals surface area contributed by atoms with Crippen LogP contribution in [0.4, 0.5) is 5.69 Å². The van der Waals surface area contributed by atoms with E-state index in [2.05, 4.69) is 17.5 Å². The number of nitrogens with zero attached hydrogens (tertiary/aromatic N) is 3. The quantitative estimate of drug-likeness (QED) is 0.863. The summed E-state index contributed by atoms with van der Waals surface area (Å²) in [6.45, 7) is 2.10. The van der Waals surface area contributed by atoms with Crippen molar-refractivity contribution in [2.75, 3.05) is 5.43 Å². The number of rotatable bonds is 2. The molecule has 0 saturated heterocycles. The fourth-order valence-corrected chi connectivity index (χ4v) is 3.62. The standard InChI is InChI=1S/C19H22N4O/c1-13-11-12-17(22-21-14-7-3-2-4-8-14)18-20-16-10-6-5-9-15(16)19(24)23(13)18/h2-4,7-8,13,21H,5-6,9-12H2,1H3/b22-17+. The highest BCUT2D eigenvalue weighted by atomic mass is 16.1. The predicted molar refractivity (Wildman–Crippen MR) is 95.7 cm³/mol. The summed E-state index contributed by atoms with van der Waals surface area (Å²) in [7, 11) is 0. The van der Waals surface area contributed by atoms with Crippen LogP contribution in [-0.2, 0) is 12.8 Å². The molecule has 0 spiro atoms. The van der Waals surface area contributed by atoms with Crippen molar-refractivity contribution in [2.24, 2.45) is 5.10 Å². The summed E-state index contributed by atoms with van der Waals surface area (Å²) >= 11 is 0. The smallest absolute Gasteiger partial charge is 0.257 e. The van der Waals surface area contributed by atoms with Crippen molar-refractivity contribution in [3.05, 3.63) is 57.8 Å². The lowest BCUT2D eigenvalue weighted by Gasteiger charge is -2.28. The van der Waals surface area contributed by atoms with E-state index in [1.54, 1.807) is 0 Å². The summed E-state index contributed by atoms with van der Waals surface area (Å²) in [5, 5.41) is 4.56. The number of nitrogens with one attached hydrogen (secondary N) is 1. The number of aryl methyl sites for hydroxylation is 1. The van der Waals surface area contributed by atoms with Crippen molar-refractivity contribution >= 4 is 11.4 Å². The molecule has 1 aliphatic carbocycles. The number of hydrogen-bond acceptors (Lipinski definition) is 4. The van der Waals surface area contributed by atoms with Crippen LogP contribution in [-0.4, -0.2) is 15.3 Å². The Morgan fingerprint density at radius 2 is 1.96 bits per heavy atom. The number of para-hydroxylation sites is 1. The molecule has 4 rings (SSSR count). The molecule has 1 atom stereocenters. The molecule has 1 aliphatic heterocycles. The van der Waals surface area contributed by atoms with Crippen LogP contribution in [0.25, 0.3) is 0 Å². The minimum Gasteiger partial charge on any atom is -0.288 e. The van der Waals surface area contributed by atoms with Gasteiger partial charge in [0.05, 0.1) is 11.4 Å². The van der Waals surface area contributed by atoms with E-state index in [1.165, 1.54) is 0 Å². The number of hydrogen-bond donors (Lipinski definition) is 1. The molecule has 0 bridgehead atoms. The molecule has 1 unspecified atom stereocenters. The molecule has 0 fully saturated rings. The van der Waals surface area contributed by atoms with E-state index in [1.807, 2.05) is 34.9 Å². The molecular formula is C19H22N4O. The van der Waals surface area contributed by atoms with E-state index in [0.29, 0.717) is 0 Å². The fraction of sp³-hybridized carbons (Fsp3) is 0.421. The third-order valence-electron chi connectivity index (χ3n) is 4.98. The molecule has 1 aromatic carbocycles. The molecule has 124 valence electrons. The van der Waals surface area contributed by atoms with Crippen LogP contribution >= 0.6 is 0 Å². The van der Waals surface area contributed by atoms with Crippen molar-refractivity contribution < 1.29 is 0 Å². The molecule has 2 heterocycles. The largest absolute Gasteiger partial charge is 0.288 e. The zero-order chi connectivity index (χ0) is 16.5. The highest BCUT2D eigenvalue weighted by molar-refractivity contribution is 5.98. The average Bonchev–Trinajstić information content (AvgIpc) is 2.62. The van der Waals surface area contributed by atoms with Crippen LogP contribution in [0, 0.1) is 0 Å². The molecule has 0 saturated carbocycles. The summed E-state index contributed by atoms with van der Waals surface area (Å²) < 4.78 is 1.86. The minimum atomic E-state index is 0.148. The second-order valence-corrected chi connectivity index (χ2v) is 6.67. The Bertz CT molecular complexity index is 838. The van der Waals surface area contributed by atoms with Gasteiger partial charge in [0.1, 0.15) is 5.71 Å². The monoisotopic (exact) mass is 322 g/mol. The average molecular weight is 322 g/mol. The Kier molecular flexibility index (Phi) is 3.92. The van der Waals surface area contributed by atoms with Crippen LogP contribution in [0.2, 0.25) is 0 Å². The third kappa shape index (κ3) is 2.64. The SMILES string of the molecule is CC1CC/C(=N\Nc2ccccc2)c2nc3c(c(=O)n21)CCCC3. The molecule has 2 aromatic rings. The van der Waals surface area contributed by atoms with E-state index < -0.39 is 0 Å². The van der Waals surface area contributed by atoms with Crippen molar-refractivity contribution in [3.63, 3.8) is 0 Å². The van der Waals surface area contributed by atoms with E-state index in [0.717, 1.165) is 67.0 Å². The van der Waals surface area contributed by atoms with Crippen LogP contribution in [0.5, 0.6) is 0 Å². The van der Waals surface area contributed by atoms with Gasteiger partial charge in [-0.05, 0) is 57.6 Å². The van der Waals surface area contributed by atoms with Gasteiger partial charge in [-0.3, -0.25) is 14.8 Å². The van der Waals surface area contributed by atoms with Gasteiger partial charge < -0.3 is 0 Å². The Morgan fingerprint density at radius 3 is 2.79 bits per heavy atom. The Morgan fingerprint density at radius 1 is 1.17 bits per heavy atom. The third-order valence-corrected chi connectivity index (χ3v) is 4.98. The molecular weight excluding hydrogens is 300 g/mol. The van der Waals surface area contributed by atoms with E-state index >= 15 is 0 Å². The zero-order valence-corrected chi connectivity index (χ0v) is 14.0. The van der Waals surface area contributed by atoms with Crippen molar-refractivity contribution in [3.8, 4) is 0 Å². The highest BCUT2D eigenvalue weighted by Gasteiger charge is 2.27. The van der Waals surface area contributed by atoms with Gasteiger partial charge in [0.25, 0.3) is 5.56 Å². The van der Waals surface area contributed by atoms with E-state index in [4.69, 9.17) is 4.98 Å². The maximum absolute atomic E-state index is 12.9. The molecule has 5 nitrogen and oxygen atoms in total. The lowest BCUT2D eigenvalue weighted by molar-refractivity contribution is 0.460. The zero-order valence-electron chi connectivity index (χ0n) is 14.0. The maximum atomic E-state index is 12.9. The lowest BCUT2D eigenvalue weighted by atomic mass is 9.95. The molecule has 2 aliphatic rings. The Labute approximate surface area is 141 Å². The molecule has 0 radical (unpaired) electrons. The van der Waals surface area contributed by atoms with Crippen LogP contribution in [0.1, 0.15) is 55.7 Å². The minimum absolute atomic E-state index is 0.148. The summed E-state index contributed by atoms with van der Waals surface area (Å²) in [6, 6.07) is 10.1. The van der Waals surface area contributed by atoms with Crippen LogP contribution < -0.4 is 11.0 Å². The van der Waals surface area contributed by atoms with Crippen molar-refractivity contribution in [2.45, 2.75) is 51.5 Å². The predicted octanol–water partition coefficient (Wildman–Crippen LogP) is 3.29. The number of anilines is 1. The second kappa shape index (κ2) is 6.23.